The van der Waals surface area contributed by atoms with Crippen LogP contribution in [0.2, 0.25) is 0 Å². The van der Waals surface area contributed by atoms with Crippen molar-refractivity contribution in [1.29, 1.82) is 0 Å². The number of carbonyl (C=O) groups excluding carboxylic acids is 1. The quantitative estimate of drug-likeness (QED) is 0.904. The molecule has 1 atom stereocenters. The van der Waals surface area contributed by atoms with Crippen molar-refractivity contribution in [2.45, 2.75) is 26.4 Å². The number of ether oxygens (including phenoxy) is 1. The predicted octanol–water partition coefficient (Wildman–Crippen LogP) is 4.07. The molecule has 1 amide bonds. The van der Waals surface area contributed by atoms with Crippen molar-refractivity contribution in [2.75, 3.05) is 5.32 Å². The maximum absolute atomic E-state index is 13.1. The highest BCUT2D eigenvalue weighted by Gasteiger charge is 2.19. The number of hydrogen-bond acceptors (Lipinski definition) is 2. The molecule has 1 N–H and O–H groups in total. The first-order valence-electron chi connectivity index (χ1n) is 6.99. The van der Waals surface area contributed by atoms with Crippen molar-refractivity contribution in [1.82, 2.24) is 0 Å². The van der Waals surface area contributed by atoms with E-state index in [4.69, 9.17) is 4.74 Å². The number of carbonyl (C=O) groups is 1. The smallest absolute Gasteiger partial charge is 0.265 e. The molecule has 0 spiro atoms. The summed E-state index contributed by atoms with van der Waals surface area (Å²) >= 11 is 0. The monoisotopic (exact) mass is 305 g/mol. The summed E-state index contributed by atoms with van der Waals surface area (Å²) in [6, 6.07) is 10.5. The molecule has 2 aromatic rings. The summed E-state index contributed by atoms with van der Waals surface area (Å²) in [6.07, 6.45) is -0.264. The third kappa shape index (κ3) is 4.04. The van der Waals surface area contributed by atoms with Crippen molar-refractivity contribution in [3.8, 4) is 5.75 Å². The largest absolute Gasteiger partial charge is 0.481 e. The number of aryl methyl sites for hydroxylation is 1. The molecule has 0 aliphatic rings. The summed E-state index contributed by atoms with van der Waals surface area (Å²) in [5, 5.41) is 2.52. The van der Waals surface area contributed by atoms with Crippen LogP contribution in [0.1, 0.15) is 18.9 Å². The number of nitrogens with one attached hydrogen (secondary N) is 1. The van der Waals surface area contributed by atoms with Crippen LogP contribution in [-0.4, -0.2) is 12.0 Å². The van der Waals surface area contributed by atoms with Crippen LogP contribution in [0, 0.1) is 18.6 Å². The molecule has 22 heavy (non-hydrogen) atoms. The molecular formula is C17H17F2NO2. The molecule has 0 heterocycles. The van der Waals surface area contributed by atoms with E-state index in [-0.39, 0.29) is 5.69 Å². The third-order valence-corrected chi connectivity index (χ3v) is 3.15. The molecule has 0 saturated heterocycles. The van der Waals surface area contributed by atoms with Gasteiger partial charge >= 0.3 is 0 Å². The molecule has 0 saturated carbocycles. The summed E-state index contributed by atoms with van der Waals surface area (Å²) in [6.45, 7) is 3.76. The van der Waals surface area contributed by atoms with Crippen LogP contribution in [-0.2, 0) is 4.79 Å². The molecule has 2 rings (SSSR count). The van der Waals surface area contributed by atoms with Gasteiger partial charge in [-0.15, -0.1) is 0 Å². The van der Waals surface area contributed by atoms with Gasteiger partial charge in [0.1, 0.15) is 5.75 Å². The summed E-state index contributed by atoms with van der Waals surface area (Å²) < 4.78 is 31.6. The Morgan fingerprint density at radius 1 is 1.14 bits per heavy atom. The van der Waals surface area contributed by atoms with Crippen LogP contribution in [0.15, 0.2) is 42.5 Å². The summed E-state index contributed by atoms with van der Waals surface area (Å²) in [5.41, 5.74) is 1.28. The molecule has 0 radical (unpaired) electrons. The molecule has 116 valence electrons. The van der Waals surface area contributed by atoms with E-state index in [0.717, 1.165) is 17.7 Å². The first-order valence-corrected chi connectivity index (χ1v) is 6.99. The molecular weight excluding hydrogens is 288 g/mol. The lowest BCUT2D eigenvalue weighted by Gasteiger charge is -2.17. The highest BCUT2D eigenvalue weighted by atomic mass is 19.2. The van der Waals surface area contributed by atoms with Crippen LogP contribution >= 0.6 is 0 Å². The second kappa shape index (κ2) is 7.02. The van der Waals surface area contributed by atoms with Gasteiger partial charge < -0.3 is 10.1 Å². The highest BCUT2D eigenvalue weighted by molar-refractivity contribution is 5.94. The lowest BCUT2D eigenvalue weighted by molar-refractivity contribution is -0.122. The van der Waals surface area contributed by atoms with Crippen LogP contribution in [0.4, 0.5) is 14.5 Å². The molecule has 0 aromatic heterocycles. The molecule has 0 aliphatic heterocycles. The number of anilines is 1. The van der Waals surface area contributed by atoms with Gasteiger partial charge in [-0.05, 0) is 37.6 Å². The van der Waals surface area contributed by atoms with Gasteiger partial charge in [0.05, 0.1) is 0 Å². The molecule has 3 nitrogen and oxygen atoms in total. The van der Waals surface area contributed by atoms with Gasteiger partial charge in [-0.25, -0.2) is 8.78 Å². The molecule has 1 unspecified atom stereocenters. The van der Waals surface area contributed by atoms with E-state index >= 15 is 0 Å². The predicted molar refractivity (Wildman–Crippen MR) is 80.9 cm³/mol. The Hall–Kier alpha value is -2.43. The van der Waals surface area contributed by atoms with Gasteiger partial charge in [0.25, 0.3) is 5.91 Å². The zero-order valence-electron chi connectivity index (χ0n) is 12.4. The van der Waals surface area contributed by atoms with Gasteiger partial charge in [-0.3, -0.25) is 4.79 Å². The van der Waals surface area contributed by atoms with Crippen molar-refractivity contribution >= 4 is 11.6 Å². The Morgan fingerprint density at radius 3 is 2.41 bits per heavy atom. The fraction of sp³-hybridized carbons (Fsp3) is 0.235. The van der Waals surface area contributed by atoms with E-state index in [0.29, 0.717) is 12.2 Å². The summed E-state index contributed by atoms with van der Waals surface area (Å²) in [4.78, 5) is 12.2. The molecule has 5 heteroatoms. The van der Waals surface area contributed by atoms with Crippen molar-refractivity contribution in [3.63, 3.8) is 0 Å². The second-order valence-electron chi connectivity index (χ2n) is 4.95. The Labute approximate surface area is 127 Å². The normalized spacial score (nSPS) is 11.8. The van der Waals surface area contributed by atoms with Crippen LogP contribution in [0.3, 0.4) is 0 Å². The van der Waals surface area contributed by atoms with Crippen molar-refractivity contribution < 1.29 is 18.3 Å². The fourth-order valence-corrected chi connectivity index (χ4v) is 1.90. The number of rotatable bonds is 5. The Morgan fingerprint density at radius 2 is 1.82 bits per heavy atom. The molecule has 0 aliphatic carbocycles. The molecule has 0 bridgehead atoms. The topological polar surface area (TPSA) is 38.3 Å². The van der Waals surface area contributed by atoms with Crippen molar-refractivity contribution in [2.24, 2.45) is 0 Å². The third-order valence-electron chi connectivity index (χ3n) is 3.15. The van der Waals surface area contributed by atoms with E-state index in [1.165, 1.54) is 6.07 Å². The average Bonchev–Trinajstić information content (AvgIpc) is 2.50. The van der Waals surface area contributed by atoms with Crippen LogP contribution in [0.5, 0.6) is 5.75 Å². The minimum absolute atomic E-state index is 0.190. The zero-order chi connectivity index (χ0) is 16.1. The number of benzene rings is 2. The van der Waals surface area contributed by atoms with Crippen LogP contribution < -0.4 is 10.1 Å². The first kappa shape index (κ1) is 15.9. The first-order chi connectivity index (χ1) is 10.5. The van der Waals surface area contributed by atoms with Gasteiger partial charge in [0.15, 0.2) is 17.7 Å². The van der Waals surface area contributed by atoms with Gasteiger partial charge in [-0.1, -0.05) is 24.6 Å². The van der Waals surface area contributed by atoms with E-state index < -0.39 is 23.6 Å². The summed E-state index contributed by atoms with van der Waals surface area (Å²) in [5.74, 6) is -1.79. The Balaban J connectivity index is 2.04. The van der Waals surface area contributed by atoms with E-state index in [1.807, 2.05) is 26.0 Å². The highest BCUT2D eigenvalue weighted by Crippen LogP contribution is 2.17. The lowest BCUT2D eigenvalue weighted by atomic mass is 10.2. The summed E-state index contributed by atoms with van der Waals surface area (Å²) in [7, 11) is 0. The Kier molecular flexibility index (Phi) is 5.09. The van der Waals surface area contributed by atoms with Gasteiger partial charge in [-0.2, -0.15) is 0 Å². The fourth-order valence-electron chi connectivity index (χ4n) is 1.90. The van der Waals surface area contributed by atoms with E-state index in [2.05, 4.69) is 5.32 Å². The SMILES string of the molecule is CCC(Oc1ccc(C)cc1)C(=O)Nc1ccc(F)c(F)c1. The van der Waals surface area contributed by atoms with E-state index in [9.17, 15) is 13.6 Å². The van der Waals surface area contributed by atoms with E-state index in [1.54, 1.807) is 12.1 Å². The minimum atomic E-state index is -1.01. The number of halogens is 2. The maximum atomic E-state index is 13.1. The standard InChI is InChI=1S/C17H17F2NO2/c1-3-16(22-13-7-4-11(2)5-8-13)17(21)20-12-6-9-14(18)15(19)10-12/h4-10,16H,3H2,1-2H3,(H,20,21). The molecule has 0 fully saturated rings. The second-order valence-corrected chi connectivity index (χ2v) is 4.95. The lowest BCUT2D eigenvalue weighted by Crippen LogP contribution is -2.32. The maximum Gasteiger partial charge on any atom is 0.265 e. The van der Waals surface area contributed by atoms with Crippen LogP contribution in [0.25, 0.3) is 0 Å². The van der Waals surface area contributed by atoms with Gasteiger partial charge in [0, 0.05) is 11.8 Å². The zero-order valence-corrected chi connectivity index (χ0v) is 12.4. The number of amides is 1. The van der Waals surface area contributed by atoms with Crippen molar-refractivity contribution in [3.05, 3.63) is 59.7 Å². The Bertz CT molecular complexity index is 656. The molecule has 2 aromatic carbocycles. The average molecular weight is 305 g/mol. The van der Waals surface area contributed by atoms with Gasteiger partial charge in [0.2, 0.25) is 0 Å². The number of hydrogen-bond donors (Lipinski definition) is 1. The minimum Gasteiger partial charge on any atom is -0.481 e.